The highest BCUT2D eigenvalue weighted by atomic mass is 35.5. The Morgan fingerprint density at radius 2 is 1.87 bits per heavy atom. The average molecular weight is 558 g/mol. The van der Waals surface area contributed by atoms with Gasteiger partial charge in [-0.1, -0.05) is 59.1 Å². The Kier molecular flexibility index (Phi) is 8.05. The summed E-state index contributed by atoms with van der Waals surface area (Å²) in [5, 5.41) is 13.5. The van der Waals surface area contributed by atoms with Crippen LogP contribution in [0.3, 0.4) is 0 Å². The van der Waals surface area contributed by atoms with Gasteiger partial charge in [0.2, 0.25) is 0 Å². The number of nitrogens with one attached hydrogen (secondary N) is 1. The highest BCUT2D eigenvalue weighted by Gasteiger charge is 2.59. The molecule has 4 nitrogen and oxygen atoms in total. The van der Waals surface area contributed by atoms with Gasteiger partial charge in [-0.25, -0.2) is 18.0 Å². The minimum atomic E-state index is -1.70. The molecule has 1 fully saturated rings. The van der Waals surface area contributed by atoms with Crippen LogP contribution in [0.5, 0.6) is 0 Å². The second-order valence-corrected chi connectivity index (χ2v) is 10.3. The topological polar surface area (TPSA) is 56.1 Å². The van der Waals surface area contributed by atoms with Gasteiger partial charge in [-0.15, -0.1) is 6.58 Å². The number of rotatable bonds is 6. The Morgan fingerprint density at radius 3 is 2.50 bits per heavy atom. The molecule has 1 aliphatic heterocycles. The minimum absolute atomic E-state index is 0.00569. The van der Waals surface area contributed by atoms with Crippen molar-refractivity contribution in [3.63, 3.8) is 0 Å². The smallest absolute Gasteiger partial charge is 0.318 e. The maximum Gasteiger partial charge on any atom is 0.318 e. The van der Waals surface area contributed by atoms with Crippen LogP contribution in [0.4, 0.5) is 18.0 Å². The molecule has 1 N–H and O–H groups in total. The molecule has 3 aromatic carbocycles. The average Bonchev–Trinajstić information content (AvgIpc) is 3.19. The van der Waals surface area contributed by atoms with Crippen molar-refractivity contribution in [2.24, 2.45) is 5.92 Å². The van der Waals surface area contributed by atoms with Crippen molar-refractivity contribution in [1.82, 2.24) is 10.2 Å². The predicted molar refractivity (Wildman–Crippen MR) is 141 cm³/mol. The van der Waals surface area contributed by atoms with Crippen molar-refractivity contribution < 1.29 is 18.0 Å². The molecule has 3 atom stereocenters. The number of carbonyl (C=O) groups is 1. The van der Waals surface area contributed by atoms with E-state index in [0.29, 0.717) is 11.1 Å². The van der Waals surface area contributed by atoms with E-state index in [-0.39, 0.29) is 40.7 Å². The van der Waals surface area contributed by atoms with E-state index in [1.54, 1.807) is 6.92 Å². The summed E-state index contributed by atoms with van der Waals surface area (Å²) in [4.78, 5) is 14.9. The number of amides is 2. The summed E-state index contributed by atoms with van der Waals surface area (Å²) in [6, 6.07) is 14.3. The minimum Gasteiger partial charge on any atom is -0.334 e. The monoisotopic (exact) mass is 557 g/mol. The van der Waals surface area contributed by atoms with E-state index in [0.717, 1.165) is 6.07 Å². The molecule has 0 radical (unpaired) electrons. The van der Waals surface area contributed by atoms with Crippen LogP contribution in [0.1, 0.15) is 36.1 Å². The summed E-state index contributed by atoms with van der Waals surface area (Å²) in [5.41, 5.74) is -0.378. The third-order valence-corrected chi connectivity index (χ3v) is 7.38. The normalized spacial score (nSPS) is 20.7. The van der Waals surface area contributed by atoms with Crippen molar-refractivity contribution in [3.05, 3.63) is 117 Å². The number of nitriles is 1. The molecule has 3 aromatic rings. The fraction of sp³-hybridized carbons (Fsp3) is 0.241. The van der Waals surface area contributed by atoms with E-state index < -0.39 is 40.9 Å². The summed E-state index contributed by atoms with van der Waals surface area (Å²) in [6.45, 7) is 5.80. The lowest BCUT2D eigenvalue weighted by atomic mass is 9.65. The second kappa shape index (κ2) is 11.1. The first-order valence-electron chi connectivity index (χ1n) is 11.8. The summed E-state index contributed by atoms with van der Waals surface area (Å²) in [6.07, 6.45) is 0.274. The number of urea groups is 1. The molecule has 9 heteroatoms. The maximum absolute atomic E-state index is 15.6. The number of nitrogens with zero attached hydrogens (tertiary/aromatic N) is 2. The van der Waals surface area contributed by atoms with Gasteiger partial charge in [0.25, 0.3) is 0 Å². The van der Waals surface area contributed by atoms with Gasteiger partial charge in [-0.05, 0) is 49.2 Å². The van der Waals surface area contributed by atoms with Crippen molar-refractivity contribution in [2.45, 2.75) is 31.3 Å². The van der Waals surface area contributed by atoms with Crippen molar-refractivity contribution in [1.29, 1.82) is 5.26 Å². The van der Waals surface area contributed by atoms with E-state index in [2.05, 4.69) is 18.0 Å². The van der Waals surface area contributed by atoms with E-state index >= 15 is 8.78 Å². The van der Waals surface area contributed by atoms with E-state index in [1.165, 1.54) is 59.5 Å². The van der Waals surface area contributed by atoms with Gasteiger partial charge in [0.1, 0.15) is 22.9 Å². The molecule has 1 saturated heterocycles. The zero-order valence-corrected chi connectivity index (χ0v) is 22.0. The Bertz CT molecular complexity index is 1420. The first kappa shape index (κ1) is 27.6. The Morgan fingerprint density at radius 1 is 1.16 bits per heavy atom. The Hall–Kier alpha value is -3.47. The lowest BCUT2D eigenvalue weighted by Crippen LogP contribution is -2.43. The second-order valence-electron chi connectivity index (χ2n) is 9.45. The van der Waals surface area contributed by atoms with Crippen LogP contribution in [-0.2, 0) is 12.0 Å². The molecule has 0 saturated carbocycles. The highest BCUT2D eigenvalue weighted by molar-refractivity contribution is 6.31. The van der Waals surface area contributed by atoms with Crippen LogP contribution in [-0.4, -0.2) is 17.5 Å². The summed E-state index contributed by atoms with van der Waals surface area (Å²) in [7, 11) is 0. The van der Waals surface area contributed by atoms with Crippen LogP contribution in [0.2, 0.25) is 10.0 Å². The number of hydrogen-bond donors (Lipinski definition) is 1. The van der Waals surface area contributed by atoms with Gasteiger partial charge < -0.3 is 10.2 Å². The quantitative estimate of drug-likeness (QED) is 0.315. The molecule has 0 aliphatic carbocycles. The van der Waals surface area contributed by atoms with Crippen molar-refractivity contribution >= 4 is 29.2 Å². The van der Waals surface area contributed by atoms with Gasteiger partial charge in [0.05, 0.1) is 17.1 Å². The molecule has 196 valence electrons. The predicted octanol–water partition coefficient (Wildman–Crippen LogP) is 7.72. The molecule has 2 amide bonds. The van der Waals surface area contributed by atoms with E-state index in [9.17, 15) is 14.4 Å². The van der Waals surface area contributed by atoms with Gasteiger partial charge in [0, 0.05) is 35.2 Å². The van der Waals surface area contributed by atoms with Gasteiger partial charge in [-0.2, -0.15) is 5.26 Å². The molecule has 1 aliphatic rings. The SMILES string of the molecule is C=C(C)C[C@@H]1CN(C(=O)NCc2ccc(F)cc2)[C@H](c2cccc(Cl)c2F)[C@@]1(C#N)c1ccc(Cl)cc1F. The third kappa shape index (κ3) is 5.11. The first-order chi connectivity index (χ1) is 18.1. The third-order valence-electron chi connectivity index (χ3n) is 6.85. The van der Waals surface area contributed by atoms with Gasteiger partial charge in [-0.3, -0.25) is 0 Å². The molecule has 0 bridgehead atoms. The number of benzene rings is 3. The van der Waals surface area contributed by atoms with Crippen LogP contribution < -0.4 is 5.32 Å². The lowest BCUT2D eigenvalue weighted by molar-refractivity contribution is 0.184. The Balaban J connectivity index is 1.87. The molecular formula is C29H24Cl2F3N3O. The highest BCUT2D eigenvalue weighted by Crippen LogP contribution is 2.55. The molecule has 38 heavy (non-hydrogen) atoms. The number of carbonyl (C=O) groups excluding carboxylic acids is 1. The molecular weight excluding hydrogens is 534 g/mol. The molecule has 0 aromatic heterocycles. The zero-order valence-electron chi connectivity index (χ0n) is 20.4. The van der Waals surface area contributed by atoms with E-state index in [1.807, 2.05) is 0 Å². The van der Waals surface area contributed by atoms with Crippen LogP contribution in [0, 0.1) is 34.7 Å². The van der Waals surface area contributed by atoms with Crippen molar-refractivity contribution in [2.75, 3.05) is 6.54 Å². The van der Waals surface area contributed by atoms with E-state index in [4.69, 9.17) is 23.2 Å². The van der Waals surface area contributed by atoms with Crippen molar-refractivity contribution in [3.8, 4) is 6.07 Å². The fourth-order valence-electron chi connectivity index (χ4n) is 5.23. The summed E-state index contributed by atoms with van der Waals surface area (Å²) in [5.74, 6) is -2.60. The molecule has 0 unspecified atom stereocenters. The number of hydrogen-bond acceptors (Lipinski definition) is 2. The van der Waals surface area contributed by atoms with Gasteiger partial charge in [0.15, 0.2) is 0 Å². The lowest BCUT2D eigenvalue weighted by Gasteiger charge is -2.36. The molecule has 1 heterocycles. The van der Waals surface area contributed by atoms with Crippen LogP contribution in [0.15, 0.2) is 72.8 Å². The first-order valence-corrected chi connectivity index (χ1v) is 12.6. The number of likely N-dealkylation sites (tertiary alicyclic amines) is 1. The number of allylic oxidation sites excluding steroid dienone is 1. The molecule has 0 spiro atoms. The zero-order chi connectivity index (χ0) is 27.6. The summed E-state index contributed by atoms with van der Waals surface area (Å²) < 4.78 is 44.4. The van der Waals surface area contributed by atoms with Crippen LogP contribution >= 0.6 is 23.2 Å². The standard InChI is InChI=1S/C29H24Cl2F3N3O/c1-17(2)12-19-15-37(28(38)36-14-18-6-9-21(32)10-7-18)27(22-4-3-5-24(31)26(22)34)29(19,16-35)23-11-8-20(30)13-25(23)33/h3-11,13,19,27H,1,12,14-15H2,2H3,(H,36,38)/t19-,27-,29-/m1/s1. The fourth-order valence-corrected chi connectivity index (χ4v) is 5.57. The summed E-state index contributed by atoms with van der Waals surface area (Å²) >= 11 is 12.1. The maximum atomic E-state index is 15.6. The Labute approximate surface area is 229 Å². The van der Waals surface area contributed by atoms with Crippen LogP contribution in [0.25, 0.3) is 0 Å². The molecule has 4 rings (SSSR count). The number of halogens is 5. The van der Waals surface area contributed by atoms with Gasteiger partial charge >= 0.3 is 6.03 Å². The largest absolute Gasteiger partial charge is 0.334 e.